The summed E-state index contributed by atoms with van der Waals surface area (Å²) in [6, 6.07) is 2.16. The molecule has 0 aliphatic rings. The van der Waals surface area contributed by atoms with Crippen molar-refractivity contribution in [2.45, 2.75) is 31.5 Å². The highest BCUT2D eigenvalue weighted by Gasteiger charge is 2.16. The Morgan fingerprint density at radius 3 is 3.05 bits per heavy atom. The number of hydrogen-bond donors (Lipinski definition) is 0. The van der Waals surface area contributed by atoms with Gasteiger partial charge in [-0.15, -0.1) is 28.1 Å². The molecule has 0 amide bonds. The first-order valence-electron chi connectivity index (χ1n) is 7.01. The summed E-state index contributed by atoms with van der Waals surface area (Å²) in [7, 11) is 1.38. The molecular formula is C15H19N3O2S2. The highest BCUT2D eigenvalue weighted by Crippen LogP contribution is 2.28. The summed E-state index contributed by atoms with van der Waals surface area (Å²) in [6.07, 6.45) is 4.00. The number of aromatic nitrogens is 3. The Morgan fingerprint density at radius 1 is 1.55 bits per heavy atom. The fourth-order valence-electron chi connectivity index (χ4n) is 1.96. The fraction of sp³-hybridized carbons (Fsp3) is 0.400. The molecule has 0 saturated heterocycles. The Bertz CT molecular complexity index is 649. The number of methoxy groups -OCH3 is 1. The van der Waals surface area contributed by atoms with Gasteiger partial charge in [-0.05, 0) is 12.5 Å². The zero-order valence-corrected chi connectivity index (χ0v) is 14.4. The van der Waals surface area contributed by atoms with Gasteiger partial charge in [0.15, 0.2) is 11.0 Å². The van der Waals surface area contributed by atoms with E-state index in [1.807, 2.05) is 4.57 Å². The van der Waals surface area contributed by atoms with Crippen LogP contribution in [0.3, 0.4) is 0 Å². The summed E-state index contributed by atoms with van der Waals surface area (Å²) in [4.78, 5) is 12.6. The molecule has 7 heteroatoms. The number of allylic oxidation sites excluding steroid dienone is 1. The molecule has 2 aromatic heterocycles. The molecular weight excluding hydrogens is 318 g/mol. The van der Waals surface area contributed by atoms with E-state index in [4.69, 9.17) is 0 Å². The fourth-order valence-corrected chi connectivity index (χ4v) is 3.71. The van der Waals surface area contributed by atoms with E-state index >= 15 is 0 Å². The van der Waals surface area contributed by atoms with Crippen molar-refractivity contribution in [3.63, 3.8) is 0 Å². The van der Waals surface area contributed by atoms with Gasteiger partial charge in [-0.25, -0.2) is 0 Å². The summed E-state index contributed by atoms with van der Waals surface area (Å²) in [5, 5.41) is 11.3. The van der Waals surface area contributed by atoms with E-state index in [2.05, 4.69) is 39.9 Å². The van der Waals surface area contributed by atoms with Gasteiger partial charge in [-0.2, -0.15) is 0 Å². The maximum atomic E-state index is 11.3. The van der Waals surface area contributed by atoms with Gasteiger partial charge in [-0.1, -0.05) is 31.2 Å². The number of thioether (sulfide) groups is 1. The third-order valence-electron chi connectivity index (χ3n) is 2.98. The van der Waals surface area contributed by atoms with Gasteiger partial charge in [0.05, 0.1) is 12.9 Å². The first kappa shape index (κ1) is 16.8. The van der Waals surface area contributed by atoms with Gasteiger partial charge in [0.25, 0.3) is 0 Å². The highest BCUT2D eigenvalue weighted by atomic mass is 32.2. The predicted octanol–water partition coefficient (Wildman–Crippen LogP) is 3.41. The van der Waals surface area contributed by atoms with Gasteiger partial charge in [0.1, 0.15) is 0 Å². The lowest BCUT2D eigenvalue weighted by molar-refractivity contribution is -0.137. The Kier molecular flexibility index (Phi) is 6.21. The van der Waals surface area contributed by atoms with Gasteiger partial charge in [-0.3, -0.25) is 9.36 Å². The number of carbonyl (C=O) groups is 1. The van der Waals surface area contributed by atoms with Crippen LogP contribution < -0.4 is 0 Å². The van der Waals surface area contributed by atoms with Gasteiger partial charge < -0.3 is 4.74 Å². The van der Waals surface area contributed by atoms with E-state index in [0.717, 1.165) is 24.2 Å². The summed E-state index contributed by atoms with van der Waals surface area (Å²) in [5.41, 5.74) is 1.06. The van der Waals surface area contributed by atoms with Crippen molar-refractivity contribution in [1.82, 2.24) is 14.8 Å². The van der Waals surface area contributed by atoms with E-state index < -0.39 is 0 Å². The summed E-state index contributed by atoms with van der Waals surface area (Å²) in [5.74, 6) is 0.752. The van der Waals surface area contributed by atoms with E-state index in [0.29, 0.717) is 11.7 Å². The van der Waals surface area contributed by atoms with Crippen molar-refractivity contribution in [3.8, 4) is 11.4 Å². The third-order valence-corrected chi connectivity index (χ3v) is 4.92. The van der Waals surface area contributed by atoms with Crippen LogP contribution >= 0.6 is 23.1 Å². The Balaban J connectivity index is 2.24. The maximum Gasteiger partial charge on any atom is 0.316 e. The minimum absolute atomic E-state index is 0.219. The van der Waals surface area contributed by atoms with Crippen LogP contribution in [0.15, 0.2) is 29.3 Å². The van der Waals surface area contributed by atoms with Crippen LogP contribution in [-0.4, -0.2) is 33.6 Å². The van der Waals surface area contributed by atoms with Crippen molar-refractivity contribution in [2.75, 3.05) is 12.9 Å². The van der Waals surface area contributed by atoms with Gasteiger partial charge in [0, 0.05) is 22.4 Å². The SMILES string of the molecule is C=CCn1c(SCC(=O)OC)nnc1-c1csc(CCC)c1. The number of rotatable bonds is 8. The van der Waals surface area contributed by atoms with E-state index in [9.17, 15) is 4.79 Å². The van der Waals surface area contributed by atoms with Crippen LogP contribution in [-0.2, 0) is 22.5 Å². The molecule has 0 saturated carbocycles. The minimum Gasteiger partial charge on any atom is -0.468 e. The molecule has 2 aromatic rings. The van der Waals surface area contributed by atoms with Crippen molar-refractivity contribution < 1.29 is 9.53 Å². The molecule has 0 unspecified atom stereocenters. The molecule has 0 N–H and O–H groups in total. The average Bonchev–Trinajstić information content (AvgIpc) is 3.12. The van der Waals surface area contributed by atoms with E-state index in [-0.39, 0.29) is 11.7 Å². The number of aryl methyl sites for hydroxylation is 1. The summed E-state index contributed by atoms with van der Waals surface area (Å²) < 4.78 is 6.63. The lowest BCUT2D eigenvalue weighted by Gasteiger charge is -2.06. The van der Waals surface area contributed by atoms with Crippen molar-refractivity contribution in [3.05, 3.63) is 29.0 Å². The quantitative estimate of drug-likeness (QED) is 0.420. The van der Waals surface area contributed by atoms with Crippen molar-refractivity contribution >= 4 is 29.1 Å². The molecule has 0 fully saturated rings. The first-order valence-corrected chi connectivity index (χ1v) is 8.87. The number of nitrogens with zero attached hydrogens (tertiary/aromatic N) is 3. The molecule has 118 valence electrons. The van der Waals surface area contributed by atoms with Crippen molar-refractivity contribution in [2.24, 2.45) is 0 Å². The second kappa shape index (κ2) is 8.14. The molecule has 0 radical (unpaired) electrons. The smallest absolute Gasteiger partial charge is 0.316 e. The number of carbonyl (C=O) groups excluding carboxylic acids is 1. The zero-order chi connectivity index (χ0) is 15.9. The Hall–Kier alpha value is -1.60. The minimum atomic E-state index is -0.277. The van der Waals surface area contributed by atoms with Crippen LogP contribution in [0.4, 0.5) is 0 Å². The molecule has 5 nitrogen and oxygen atoms in total. The normalized spacial score (nSPS) is 10.6. The predicted molar refractivity (Wildman–Crippen MR) is 90.3 cm³/mol. The van der Waals surface area contributed by atoms with Gasteiger partial charge in [0.2, 0.25) is 0 Å². The number of hydrogen-bond acceptors (Lipinski definition) is 6. The lowest BCUT2D eigenvalue weighted by Crippen LogP contribution is -2.06. The third kappa shape index (κ3) is 3.98. The van der Waals surface area contributed by atoms with Crippen LogP contribution in [0.2, 0.25) is 0 Å². The molecule has 0 atom stereocenters. The second-order valence-electron chi connectivity index (χ2n) is 4.62. The molecule has 0 aromatic carbocycles. The van der Waals surface area contributed by atoms with Crippen LogP contribution in [0.1, 0.15) is 18.2 Å². The molecule has 2 heterocycles. The maximum absolute atomic E-state index is 11.3. The van der Waals surface area contributed by atoms with Crippen LogP contribution in [0, 0.1) is 0 Å². The monoisotopic (exact) mass is 337 g/mol. The number of thiophene rings is 1. The Morgan fingerprint density at radius 2 is 2.36 bits per heavy atom. The molecule has 0 aliphatic heterocycles. The summed E-state index contributed by atoms with van der Waals surface area (Å²) in [6.45, 7) is 6.55. The average molecular weight is 337 g/mol. The second-order valence-corrected chi connectivity index (χ2v) is 6.56. The molecule has 2 rings (SSSR count). The highest BCUT2D eigenvalue weighted by molar-refractivity contribution is 7.99. The largest absolute Gasteiger partial charge is 0.468 e. The molecule has 0 bridgehead atoms. The number of ether oxygens (including phenoxy) is 1. The molecule has 0 aliphatic carbocycles. The Labute approximate surface area is 138 Å². The standard InChI is InChI=1S/C15H19N3O2S2/c1-4-6-12-8-11(9-21-12)14-16-17-15(18(14)7-5-2)22-10-13(19)20-3/h5,8-9H,2,4,6-7,10H2,1,3H3. The zero-order valence-electron chi connectivity index (χ0n) is 12.7. The van der Waals surface area contributed by atoms with Gasteiger partial charge >= 0.3 is 5.97 Å². The topological polar surface area (TPSA) is 57.0 Å². The lowest BCUT2D eigenvalue weighted by atomic mass is 10.2. The first-order chi connectivity index (χ1) is 10.7. The summed E-state index contributed by atoms with van der Waals surface area (Å²) >= 11 is 3.06. The van der Waals surface area contributed by atoms with Crippen LogP contribution in [0.25, 0.3) is 11.4 Å². The van der Waals surface area contributed by atoms with Crippen molar-refractivity contribution in [1.29, 1.82) is 0 Å². The van der Waals surface area contributed by atoms with E-state index in [1.54, 1.807) is 17.4 Å². The van der Waals surface area contributed by atoms with E-state index in [1.165, 1.54) is 23.7 Å². The molecule has 0 spiro atoms. The number of esters is 1. The van der Waals surface area contributed by atoms with Crippen LogP contribution in [0.5, 0.6) is 0 Å². The molecule has 22 heavy (non-hydrogen) atoms.